The standard InChI is InChI=1S/C14H14O8S2.C10H8S2.2CH5N3/c15-23(16,17)13-5-1-11(2-6-13)21-9-10-22-12-3-7-14(8-4-12)24(18,19)20;1-3-9(11-7-1)5-6-10-4-2-8-12-10;2*2-1(3)4/h1-8H,9-10H2,(H,15,16,17)(H,18,19,20);1-8H;2*(H5,2,3,4)/b;6-5+;;. The summed E-state index contributed by atoms with van der Waals surface area (Å²) in [5.74, 6) is 0.553. The van der Waals surface area contributed by atoms with Crippen LogP contribution in [-0.4, -0.2) is 51.1 Å². The molecule has 0 amide bonds. The number of guanidine groups is 2. The average Bonchev–Trinajstić information content (AvgIpc) is 3.64. The minimum Gasteiger partial charge on any atom is -0.744 e. The monoisotopic (exact) mass is 684 g/mol. The summed E-state index contributed by atoms with van der Waals surface area (Å²) in [5, 5.41) is 13.3. The zero-order valence-corrected chi connectivity index (χ0v) is 26.3. The van der Waals surface area contributed by atoms with Gasteiger partial charge in [-0.3, -0.25) is 33.8 Å². The van der Waals surface area contributed by atoms with Crippen LogP contribution in [0, 0.1) is 0 Å². The molecule has 0 saturated heterocycles. The molecule has 44 heavy (non-hydrogen) atoms. The van der Waals surface area contributed by atoms with E-state index in [0.717, 1.165) is 24.3 Å². The lowest BCUT2D eigenvalue weighted by Gasteiger charge is -2.11. The smallest absolute Gasteiger partial charge is 0.336 e. The van der Waals surface area contributed by atoms with Crippen molar-refractivity contribution in [1.82, 2.24) is 0 Å². The Balaban J connectivity index is 0.000000397. The lowest BCUT2D eigenvalue weighted by Crippen LogP contribution is -2.51. The molecule has 0 aliphatic heterocycles. The number of thiophene rings is 2. The van der Waals surface area contributed by atoms with Crippen LogP contribution in [0.2, 0.25) is 0 Å². The molecule has 4 rings (SSSR count). The molecule has 0 atom stereocenters. The van der Waals surface area contributed by atoms with Gasteiger partial charge in [0.15, 0.2) is 0 Å². The largest absolute Gasteiger partial charge is 0.744 e. The van der Waals surface area contributed by atoms with Gasteiger partial charge in [0.05, 0.1) is 9.79 Å². The van der Waals surface area contributed by atoms with Crippen molar-refractivity contribution in [2.45, 2.75) is 9.79 Å². The van der Waals surface area contributed by atoms with Gasteiger partial charge in [-0.05, 0) is 83.6 Å². The molecule has 0 radical (unpaired) electrons. The van der Waals surface area contributed by atoms with E-state index in [1.165, 1.54) is 34.0 Å². The highest BCUT2D eigenvalue weighted by Gasteiger charge is 2.03. The van der Waals surface area contributed by atoms with Gasteiger partial charge in [0, 0.05) is 9.75 Å². The van der Waals surface area contributed by atoms with E-state index in [9.17, 15) is 25.9 Å². The van der Waals surface area contributed by atoms with Crippen molar-refractivity contribution in [3.8, 4) is 11.5 Å². The van der Waals surface area contributed by atoms with Gasteiger partial charge in [-0.15, -0.1) is 22.7 Å². The number of hydrogen-bond acceptors (Lipinski definition) is 10. The summed E-state index contributed by atoms with van der Waals surface area (Å²) in [5.41, 5.74) is 18.3. The van der Waals surface area contributed by atoms with Gasteiger partial charge >= 0.3 is 11.9 Å². The Hall–Kier alpha value is -4.46. The third-order valence-electron chi connectivity index (χ3n) is 4.34. The molecule has 18 heteroatoms. The number of rotatable bonds is 9. The van der Waals surface area contributed by atoms with Crippen molar-refractivity contribution in [2.24, 2.45) is 22.9 Å². The van der Waals surface area contributed by atoms with Gasteiger partial charge in [0.25, 0.3) is 0 Å². The Bertz CT molecular complexity index is 1530. The normalized spacial score (nSPS) is 10.6. The van der Waals surface area contributed by atoms with E-state index in [1.807, 2.05) is 0 Å². The first-order valence-electron chi connectivity index (χ1n) is 12.0. The number of ether oxygens (including phenoxy) is 2. The minimum atomic E-state index is -4.49. The maximum Gasteiger partial charge on any atom is 0.336 e. The van der Waals surface area contributed by atoms with E-state index in [1.54, 1.807) is 22.7 Å². The third kappa shape index (κ3) is 17.5. The predicted octanol–water partition coefficient (Wildman–Crippen LogP) is -1.03. The topological polar surface area (TPSA) is 288 Å². The molecule has 0 aliphatic carbocycles. The molecule has 4 aromatic rings. The van der Waals surface area contributed by atoms with Gasteiger partial charge in [0.1, 0.15) is 44.9 Å². The highest BCUT2D eigenvalue weighted by atomic mass is 32.2. The van der Waals surface area contributed by atoms with Crippen LogP contribution in [0.5, 0.6) is 11.5 Å². The highest BCUT2D eigenvalue weighted by Crippen LogP contribution is 2.18. The Morgan fingerprint density at radius 1 is 0.636 bits per heavy atom. The van der Waals surface area contributed by atoms with Gasteiger partial charge in [-0.1, -0.05) is 12.1 Å². The summed E-state index contributed by atoms with van der Waals surface area (Å²) in [6, 6.07) is 18.3. The van der Waals surface area contributed by atoms with E-state index in [0.29, 0.717) is 11.5 Å². The molecule has 2 aromatic heterocycles. The Morgan fingerprint density at radius 3 is 1.16 bits per heavy atom. The van der Waals surface area contributed by atoms with Crippen molar-refractivity contribution >= 4 is 67.0 Å². The molecule has 0 fully saturated rings. The Kier molecular flexibility index (Phi) is 16.2. The molecule has 0 bridgehead atoms. The quantitative estimate of drug-likeness (QED) is 0.0534. The average molecular weight is 685 g/mol. The van der Waals surface area contributed by atoms with E-state index >= 15 is 0 Å². The van der Waals surface area contributed by atoms with Crippen LogP contribution >= 0.6 is 22.7 Å². The molecule has 14 nitrogen and oxygen atoms in total. The first kappa shape index (κ1) is 37.6. The molecule has 0 spiro atoms. The van der Waals surface area contributed by atoms with Crippen LogP contribution in [0.15, 0.2) is 93.3 Å². The molecule has 0 aliphatic rings. The van der Waals surface area contributed by atoms with E-state index in [4.69, 9.17) is 9.47 Å². The fourth-order valence-electron chi connectivity index (χ4n) is 2.66. The van der Waals surface area contributed by atoms with Crippen LogP contribution < -0.4 is 43.2 Å². The van der Waals surface area contributed by atoms with E-state index in [2.05, 4.69) is 80.9 Å². The molecular weight excluding hydrogens is 653 g/mol. The van der Waals surface area contributed by atoms with Gasteiger partial charge in [-0.25, -0.2) is 16.8 Å². The van der Waals surface area contributed by atoms with E-state index < -0.39 is 20.2 Å². The lowest BCUT2D eigenvalue weighted by molar-refractivity contribution is -0.117. The van der Waals surface area contributed by atoms with Crippen LogP contribution in [0.4, 0.5) is 0 Å². The first-order chi connectivity index (χ1) is 20.6. The summed E-state index contributed by atoms with van der Waals surface area (Å²) < 4.78 is 75.3. The fraction of sp³-hybridized carbons (Fsp3) is 0.0769. The SMILES string of the molecule is C(=C\c1cccs1)/c1cccs1.NC(N)=[NH2+].NC(N)=[NH2+].O=S(=O)([O-])c1ccc(OCCOc2ccc(S(=O)(=O)[O-])cc2)cc1. The summed E-state index contributed by atoms with van der Waals surface area (Å²) in [7, 11) is -8.98. The van der Waals surface area contributed by atoms with Crippen LogP contribution in [-0.2, 0) is 20.2 Å². The molecular formula is C26H32N6O8S4. The molecule has 0 saturated carbocycles. The van der Waals surface area contributed by atoms with Crippen molar-refractivity contribution in [1.29, 1.82) is 0 Å². The first-order valence-corrected chi connectivity index (χ1v) is 16.5. The van der Waals surface area contributed by atoms with Gasteiger partial charge in [0.2, 0.25) is 0 Å². The highest BCUT2D eigenvalue weighted by molar-refractivity contribution is 7.86. The zero-order valence-electron chi connectivity index (χ0n) is 23.0. The molecule has 2 heterocycles. The third-order valence-corrected chi connectivity index (χ3v) is 7.72. The summed E-state index contributed by atoms with van der Waals surface area (Å²) >= 11 is 3.53. The number of benzene rings is 2. The second-order valence-electron chi connectivity index (χ2n) is 7.91. The Labute approximate surface area is 263 Å². The molecule has 0 unspecified atom stereocenters. The second-order valence-corrected chi connectivity index (χ2v) is 12.6. The number of nitrogens with two attached hydrogens (primary N) is 6. The summed E-state index contributed by atoms with van der Waals surface area (Å²) in [6.45, 7) is 0.260. The minimum absolute atomic E-state index is 0.0833. The zero-order chi connectivity index (χ0) is 33.2. The maximum atomic E-state index is 10.8. The maximum absolute atomic E-state index is 10.8. The second kappa shape index (κ2) is 18.9. The molecule has 238 valence electrons. The van der Waals surface area contributed by atoms with Gasteiger partial charge < -0.3 is 18.6 Å². The summed E-state index contributed by atoms with van der Waals surface area (Å²) in [4.78, 5) is 1.92. The lowest BCUT2D eigenvalue weighted by atomic mass is 10.3. The molecule has 12 N–H and O–H groups in total. The number of hydrogen-bond donors (Lipinski definition) is 6. The van der Waals surface area contributed by atoms with Gasteiger partial charge in [-0.2, -0.15) is 0 Å². The Morgan fingerprint density at radius 2 is 0.932 bits per heavy atom. The van der Waals surface area contributed by atoms with Crippen molar-refractivity contribution in [2.75, 3.05) is 13.2 Å². The van der Waals surface area contributed by atoms with Crippen molar-refractivity contribution < 1.29 is 46.2 Å². The summed E-state index contributed by atoms with van der Waals surface area (Å²) in [6.07, 6.45) is 4.30. The van der Waals surface area contributed by atoms with Crippen LogP contribution in [0.1, 0.15) is 9.75 Å². The fourth-order valence-corrected chi connectivity index (χ4v) is 4.84. The van der Waals surface area contributed by atoms with Crippen LogP contribution in [0.3, 0.4) is 0 Å². The molecule has 2 aromatic carbocycles. The van der Waals surface area contributed by atoms with Crippen molar-refractivity contribution in [3.05, 3.63) is 93.3 Å². The van der Waals surface area contributed by atoms with Crippen LogP contribution in [0.25, 0.3) is 12.2 Å². The van der Waals surface area contributed by atoms with E-state index in [-0.39, 0.29) is 34.9 Å². The van der Waals surface area contributed by atoms with Crippen molar-refractivity contribution in [3.63, 3.8) is 0 Å². The predicted molar refractivity (Wildman–Crippen MR) is 168 cm³/mol.